The van der Waals surface area contributed by atoms with E-state index in [2.05, 4.69) is 26.8 Å². The molecule has 14 heavy (non-hydrogen) atoms. The fourth-order valence-electron chi connectivity index (χ4n) is 0.742. The number of carbonyl (C=O) groups is 1. The Balaban J connectivity index is 2.49. The van der Waals surface area contributed by atoms with Gasteiger partial charge in [-0.25, -0.2) is 0 Å². The number of nitrogens with one attached hydrogen (secondary N) is 2. The zero-order chi connectivity index (χ0) is 10.6. The number of carbonyl (C=O) groups excluding carboxylic acids is 1. The zero-order valence-corrected chi connectivity index (χ0v) is 8.03. The summed E-state index contributed by atoms with van der Waals surface area (Å²) in [6.07, 6.45) is 1.33. The van der Waals surface area contributed by atoms with Crippen LogP contribution in [0, 0.1) is 16.7 Å². The summed E-state index contributed by atoms with van der Waals surface area (Å²) in [6, 6.07) is 2.08. The van der Waals surface area contributed by atoms with Gasteiger partial charge in [0, 0.05) is 6.54 Å². The number of nitriles is 1. The van der Waals surface area contributed by atoms with Crippen LogP contribution in [0.25, 0.3) is 0 Å². The molecule has 0 aliphatic rings. The number of amides is 1. The lowest BCUT2D eigenvalue weighted by molar-refractivity contribution is 0.0938. The van der Waals surface area contributed by atoms with E-state index in [1.54, 1.807) is 13.8 Å². The first-order chi connectivity index (χ1) is 6.55. The monoisotopic (exact) mass is 193 g/mol. The van der Waals surface area contributed by atoms with E-state index in [0.29, 0.717) is 0 Å². The van der Waals surface area contributed by atoms with Crippen LogP contribution in [-0.4, -0.2) is 27.9 Å². The van der Waals surface area contributed by atoms with Gasteiger partial charge in [-0.3, -0.25) is 4.79 Å². The summed E-state index contributed by atoms with van der Waals surface area (Å²) in [7, 11) is 0. The summed E-state index contributed by atoms with van der Waals surface area (Å²) >= 11 is 0. The summed E-state index contributed by atoms with van der Waals surface area (Å²) in [6.45, 7) is 3.78. The minimum absolute atomic E-state index is 0.221. The van der Waals surface area contributed by atoms with E-state index in [0.717, 1.165) is 0 Å². The summed E-state index contributed by atoms with van der Waals surface area (Å²) in [5.41, 5.74) is -0.349. The van der Waals surface area contributed by atoms with Crippen molar-refractivity contribution in [3.63, 3.8) is 0 Å². The molecule has 0 atom stereocenters. The minimum Gasteiger partial charge on any atom is -0.349 e. The number of H-pyrrole nitrogens is 1. The molecule has 0 fully saturated rings. The summed E-state index contributed by atoms with van der Waals surface area (Å²) in [5.74, 6) is -0.331. The first-order valence-electron chi connectivity index (χ1n) is 4.10. The molecule has 1 aromatic heterocycles. The number of hydrogen-bond acceptors (Lipinski definition) is 4. The second-order valence-electron chi connectivity index (χ2n) is 3.53. The molecule has 0 radical (unpaired) electrons. The molecule has 0 saturated carbocycles. The highest BCUT2D eigenvalue weighted by Gasteiger charge is 2.18. The first-order valence-corrected chi connectivity index (χ1v) is 4.10. The average molecular weight is 193 g/mol. The van der Waals surface area contributed by atoms with E-state index in [1.807, 2.05) is 0 Å². The normalized spacial score (nSPS) is 10.6. The van der Waals surface area contributed by atoms with E-state index in [9.17, 15) is 4.79 Å². The summed E-state index contributed by atoms with van der Waals surface area (Å²) < 4.78 is 0. The van der Waals surface area contributed by atoms with Crippen molar-refractivity contribution in [2.45, 2.75) is 13.8 Å². The van der Waals surface area contributed by atoms with Crippen LogP contribution in [0.1, 0.15) is 24.3 Å². The Morgan fingerprint density at radius 2 is 2.50 bits per heavy atom. The molecular weight excluding hydrogens is 182 g/mol. The van der Waals surface area contributed by atoms with Crippen molar-refractivity contribution >= 4 is 5.91 Å². The van der Waals surface area contributed by atoms with Crippen molar-refractivity contribution in [1.29, 1.82) is 5.26 Å². The van der Waals surface area contributed by atoms with Crippen LogP contribution in [-0.2, 0) is 0 Å². The molecule has 2 N–H and O–H groups in total. The van der Waals surface area contributed by atoms with Crippen LogP contribution in [0.2, 0.25) is 0 Å². The third-order valence-corrected chi connectivity index (χ3v) is 1.64. The van der Waals surface area contributed by atoms with Crippen LogP contribution in [0.15, 0.2) is 6.20 Å². The average Bonchev–Trinajstić information content (AvgIpc) is 2.67. The third kappa shape index (κ3) is 2.55. The van der Waals surface area contributed by atoms with E-state index in [1.165, 1.54) is 6.20 Å². The van der Waals surface area contributed by atoms with Gasteiger partial charge in [-0.2, -0.15) is 20.7 Å². The second kappa shape index (κ2) is 3.87. The van der Waals surface area contributed by atoms with Gasteiger partial charge in [0.2, 0.25) is 0 Å². The molecule has 1 aromatic rings. The van der Waals surface area contributed by atoms with Crippen molar-refractivity contribution in [1.82, 2.24) is 20.7 Å². The number of aromatic nitrogens is 3. The lowest BCUT2D eigenvalue weighted by Gasteiger charge is -2.14. The molecule has 0 aromatic carbocycles. The second-order valence-corrected chi connectivity index (χ2v) is 3.53. The highest BCUT2D eigenvalue weighted by atomic mass is 16.1. The van der Waals surface area contributed by atoms with E-state index >= 15 is 0 Å². The van der Waals surface area contributed by atoms with Gasteiger partial charge < -0.3 is 5.32 Å². The quantitative estimate of drug-likeness (QED) is 0.710. The van der Waals surface area contributed by atoms with Gasteiger partial charge >= 0.3 is 0 Å². The molecule has 0 spiro atoms. The van der Waals surface area contributed by atoms with Gasteiger partial charge in [0.1, 0.15) is 0 Å². The van der Waals surface area contributed by atoms with E-state index < -0.39 is 5.41 Å². The highest BCUT2D eigenvalue weighted by Crippen LogP contribution is 2.10. The van der Waals surface area contributed by atoms with Gasteiger partial charge in [-0.1, -0.05) is 0 Å². The highest BCUT2D eigenvalue weighted by molar-refractivity contribution is 5.91. The lowest BCUT2D eigenvalue weighted by atomic mass is 9.96. The molecule has 1 rings (SSSR count). The number of nitrogens with zero attached hydrogens (tertiary/aromatic N) is 3. The first kappa shape index (κ1) is 10.2. The third-order valence-electron chi connectivity index (χ3n) is 1.64. The van der Waals surface area contributed by atoms with Crippen molar-refractivity contribution in [3.8, 4) is 6.07 Å². The van der Waals surface area contributed by atoms with Gasteiger partial charge in [0.15, 0.2) is 5.69 Å². The largest absolute Gasteiger partial charge is 0.349 e. The van der Waals surface area contributed by atoms with Crippen LogP contribution in [0.5, 0.6) is 0 Å². The predicted octanol–water partition coefficient (Wildman–Crippen LogP) is 0.0843. The Morgan fingerprint density at radius 1 is 1.79 bits per heavy atom. The SMILES string of the molecule is CC(C)(C#N)CNC(=O)c1cn[nH]n1. The zero-order valence-electron chi connectivity index (χ0n) is 8.03. The molecule has 6 heteroatoms. The smallest absolute Gasteiger partial charge is 0.273 e. The molecule has 74 valence electrons. The van der Waals surface area contributed by atoms with Crippen molar-refractivity contribution < 1.29 is 4.79 Å². The topological polar surface area (TPSA) is 94.5 Å². The van der Waals surface area contributed by atoms with Gasteiger partial charge in [0.25, 0.3) is 5.91 Å². The van der Waals surface area contributed by atoms with Gasteiger partial charge in [-0.15, -0.1) is 0 Å². The molecule has 0 saturated heterocycles. The Hall–Kier alpha value is -1.90. The minimum atomic E-state index is -0.570. The maximum atomic E-state index is 11.3. The molecule has 0 aliphatic carbocycles. The Morgan fingerprint density at radius 3 is 3.00 bits per heavy atom. The predicted molar refractivity (Wildman–Crippen MR) is 48.1 cm³/mol. The van der Waals surface area contributed by atoms with Crippen LogP contribution in [0.4, 0.5) is 0 Å². The van der Waals surface area contributed by atoms with Crippen LogP contribution < -0.4 is 5.32 Å². The van der Waals surface area contributed by atoms with Crippen LogP contribution >= 0.6 is 0 Å². The summed E-state index contributed by atoms with van der Waals surface area (Å²) in [4.78, 5) is 11.3. The van der Waals surface area contributed by atoms with Crippen molar-refractivity contribution in [2.24, 2.45) is 5.41 Å². The van der Waals surface area contributed by atoms with Gasteiger partial charge in [0.05, 0.1) is 17.7 Å². The standard InChI is InChI=1S/C8H11N5O/c1-8(2,4-9)5-10-7(14)6-3-11-13-12-6/h3H,5H2,1-2H3,(H,10,14)(H,11,12,13). The molecule has 0 bridgehead atoms. The molecule has 1 amide bonds. The lowest BCUT2D eigenvalue weighted by Crippen LogP contribution is -2.33. The van der Waals surface area contributed by atoms with E-state index in [4.69, 9.17) is 5.26 Å². The molecule has 0 aliphatic heterocycles. The fraction of sp³-hybridized carbons (Fsp3) is 0.500. The molecule has 1 heterocycles. The fourth-order valence-corrected chi connectivity index (χ4v) is 0.742. The Bertz CT molecular complexity index is 348. The number of aromatic amines is 1. The summed E-state index contributed by atoms with van der Waals surface area (Å²) in [5, 5.41) is 20.7. The number of rotatable bonds is 3. The van der Waals surface area contributed by atoms with E-state index in [-0.39, 0.29) is 18.1 Å². The maximum Gasteiger partial charge on any atom is 0.273 e. The number of hydrogen-bond donors (Lipinski definition) is 2. The Labute approximate surface area is 81.3 Å². The molecule has 6 nitrogen and oxygen atoms in total. The molecular formula is C8H11N5O. The molecule has 0 unspecified atom stereocenters. The Kier molecular flexibility index (Phi) is 2.82. The van der Waals surface area contributed by atoms with Crippen LogP contribution in [0.3, 0.4) is 0 Å². The van der Waals surface area contributed by atoms with Crippen molar-refractivity contribution in [2.75, 3.05) is 6.54 Å². The van der Waals surface area contributed by atoms with Gasteiger partial charge in [-0.05, 0) is 13.8 Å². The maximum absolute atomic E-state index is 11.3. The van der Waals surface area contributed by atoms with Crippen molar-refractivity contribution in [3.05, 3.63) is 11.9 Å².